The Balaban J connectivity index is 2.47. The van der Waals surface area contributed by atoms with Crippen LogP contribution < -0.4 is 0 Å². The lowest BCUT2D eigenvalue weighted by atomic mass is 9.86. The molecule has 0 unspecified atom stereocenters. The van der Waals surface area contributed by atoms with Crippen LogP contribution in [0, 0.1) is 16.5 Å². The van der Waals surface area contributed by atoms with Crippen LogP contribution in [0.5, 0.6) is 0 Å². The van der Waals surface area contributed by atoms with Crippen molar-refractivity contribution < 1.29 is 4.74 Å². The van der Waals surface area contributed by atoms with Gasteiger partial charge in [-0.3, -0.25) is 0 Å². The van der Waals surface area contributed by atoms with Gasteiger partial charge in [0, 0.05) is 18.8 Å². The highest BCUT2D eigenvalue weighted by Crippen LogP contribution is 2.26. The van der Waals surface area contributed by atoms with Gasteiger partial charge in [0.2, 0.25) is 0 Å². The zero-order valence-electron chi connectivity index (χ0n) is 11.4. The Hall–Kier alpha value is -0.530. The van der Waals surface area contributed by atoms with Crippen molar-refractivity contribution in [3.8, 4) is 0 Å². The number of rotatable bonds is 3. The molecule has 0 aromatic rings. The molecule has 16 heavy (non-hydrogen) atoms. The second kappa shape index (κ2) is 5.70. The van der Waals surface area contributed by atoms with E-state index in [1.54, 1.807) is 0 Å². The Bertz CT molecular complexity index is 244. The average Bonchev–Trinajstić information content (AvgIpc) is 2.16. The summed E-state index contributed by atoms with van der Waals surface area (Å²) in [5.74, 6) is 0.769. The third-order valence-corrected chi connectivity index (χ3v) is 3.35. The standard InChI is InChI=1S/C14H27NO/c1-12(15(16)11-14(2,3)4)10-13-8-6-5-7-9-13/h13H,5-11H2,1-4H3/b15-12-. The summed E-state index contributed by atoms with van der Waals surface area (Å²) in [6.45, 7) is 8.97. The summed E-state index contributed by atoms with van der Waals surface area (Å²) in [5, 5.41) is 11.9. The van der Waals surface area contributed by atoms with E-state index in [1.807, 2.05) is 6.92 Å². The zero-order valence-corrected chi connectivity index (χ0v) is 11.4. The molecule has 2 nitrogen and oxygen atoms in total. The lowest BCUT2D eigenvalue weighted by Gasteiger charge is -2.23. The van der Waals surface area contributed by atoms with Crippen LogP contribution in [0.3, 0.4) is 0 Å². The van der Waals surface area contributed by atoms with Crippen molar-refractivity contribution in [2.45, 2.75) is 66.2 Å². The van der Waals surface area contributed by atoms with Crippen molar-refractivity contribution in [3.63, 3.8) is 0 Å². The topological polar surface area (TPSA) is 26.1 Å². The van der Waals surface area contributed by atoms with E-state index >= 15 is 0 Å². The van der Waals surface area contributed by atoms with Gasteiger partial charge in [0.05, 0.1) is 0 Å². The van der Waals surface area contributed by atoms with E-state index in [1.165, 1.54) is 36.8 Å². The molecular weight excluding hydrogens is 198 g/mol. The first-order valence-corrected chi connectivity index (χ1v) is 6.65. The summed E-state index contributed by atoms with van der Waals surface area (Å²) in [6.07, 6.45) is 7.76. The average molecular weight is 225 g/mol. The van der Waals surface area contributed by atoms with Gasteiger partial charge in [-0.2, -0.15) is 0 Å². The van der Waals surface area contributed by atoms with Crippen molar-refractivity contribution in [1.82, 2.24) is 0 Å². The second-order valence-electron chi connectivity index (χ2n) is 6.54. The Morgan fingerprint density at radius 1 is 1.19 bits per heavy atom. The van der Waals surface area contributed by atoms with Crippen molar-refractivity contribution in [2.24, 2.45) is 11.3 Å². The van der Waals surface area contributed by atoms with E-state index in [4.69, 9.17) is 0 Å². The monoisotopic (exact) mass is 225 g/mol. The number of hydrogen-bond acceptors (Lipinski definition) is 1. The first kappa shape index (κ1) is 13.5. The Labute approximate surface area is 100 Å². The Morgan fingerprint density at radius 2 is 1.75 bits per heavy atom. The third-order valence-electron chi connectivity index (χ3n) is 3.35. The molecular formula is C14H27NO. The van der Waals surface area contributed by atoms with E-state index < -0.39 is 0 Å². The fraction of sp³-hybridized carbons (Fsp3) is 0.929. The molecule has 0 atom stereocenters. The predicted molar refractivity (Wildman–Crippen MR) is 69.8 cm³/mol. The maximum absolute atomic E-state index is 11.9. The van der Waals surface area contributed by atoms with Gasteiger partial charge in [0.15, 0.2) is 12.3 Å². The summed E-state index contributed by atoms with van der Waals surface area (Å²) in [7, 11) is 0. The van der Waals surface area contributed by atoms with E-state index in [9.17, 15) is 5.21 Å². The Morgan fingerprint density at radius 3 is 2.25 bits per heavy atom. The summed E-state index contributed by atoms with van der Waals surface area (Å²) >= 11 is 0. The minimum Gasteiger partial charge on any atom is -0.624 e. The quantitative estimate of drug-likeness (QED) is 0.309. The smallest absolute Gasteiger partial charge is 0.160 e. The maximum Gasteiger partial charge on any atom is 0.160 e. The van der Waals surface area contributed by atoms with Crippen LogP contribution in [0.4, 0.5) is 0 Å². The molecule has 2 heteroatoms. The van der Waals surface area contributed by atoms with Gasteiger partial charge in [0.1, 0.15) is 0 Å². The highest BCUT2D eigenvalue weighted by molar-refractivity contribution is 5.77. The van der Waals surface area contributed by atoms with Gasteiger partial charge in [-0.25, -0.2) is 4.74 Å². The lowest BCUT2D eigenvalue weighted by molar-refractivity contribution is -0.475. The summed E-state index contributed by atoms with van der Waals surface area (Å²) in [4.78, 5) is 0. The molecule has 1 rings (SSSR count). The van der Waals surface area contributed by atoms with Crippen LogP contribution in [0.25, 0.3) is 0 Å². The van der Waals surface area contributed by atoms with Crippen LogP contribution in [0.1, 0.15) is 66.2 Å². The molecule has 0 amide bonds. The van der Waals surface area contributed by atoms with Crippen LogP contribution >= 0.6 is 0 Å². The molecule has 0 aromatic carbocycles. The SMILES string of the molecule is C/C(CC1CCCCC1)=[N+](/[O-])CC(C)(C)C. The molecule has 0 spiro atoms. The first-order valence-electron chi connectivity index (χ1n) is 6.65. The summed E-state index contributed by atoms with van der Waals surface area (Å²) in [5.41, 5.74) is 1.12. The van der Waals surface area contributed by atoms with E-state index in [0.717, 1.165) is 18.1 Å². The maximum atomic E-state index is 11.9. The van der Waals surface area contributed by atoms with Gasteiger partial charge in [-0.1, -0.05) is 40.0 Å². The molecule has 1 saturated carbocycles. The minimum absolute atomic E-state index is 0.0928. The normalized spacial score (nSPS) is 20.8. The molecule has 0 saturated heterocycles. The summed E-state index contributed by atoms with van der Waals surface area (Å²) < 4.78 is 1.22. The predicted octanol–water partition coefficient (Wildman–Crippen LogP) is 3.97. The number of hydrogen-bond donors (Lipinski definition) is 0. The molecule has 94 valence electrons. The van der Waals surface area contributed by atoms with E-state index in [2.05, 4.69) is 20.8 Å². The third kappa shape index (κ3) is 5.00. The van der Waals surface area contributed by atoms with Crippen molar-refractivity contribution in [1.29, 1.82) is 0 Å². The first-order chi connectivity index (χ1) is 7.38. The zero-order chi connectivity index (χ0) is 12.2. The molecule has 1 aliphatic rings. The molecule has 0 N–H and O–H groups in total. The Kier molecular flexibility index (Phi) is 4.82. The molecule has 0 radical (unpaired) electrons. The van der Waals surface area contributed by atoms with Crippen LogP contribution in [-0.4, -0.2) is 17.0 Å². The summed E-state index contributed by atoms with van der Waals surface area (Å²) in [6, 6.07) is 0. The highest BCUT2D eigenvalue weighted by Gasteiger charge is 2.20. The molecule has 1 fully saturated rings. The van der Waals surface area contributed by atoms with Gasteiger partial charge in [-0.15, -0.1) is 0 Å². The molecule has 0 aromatic heterocycles. The molecule has 0 aliphatic heterocycles. The fourth-order valence-electron chi connectivity index (χ4n) is 2.48. The van der Waals surface area contributed by atoms with Crippen molar-refractivity contribution in [2.75, 3.05) is 6.54 Å². The second-order valence-corrected chi connectivity index (χ2v) is 6.54. The van der Waals surface area contributed by atoms with Crippen molar-refractivity contribution >= 4 is 5.71 Å². The minimum atomic E-state index is 0.0928. The number of nitrogens with zero attached hydrogens (tertiary/aromatic N) is 1. The van der Waals surface area contributed by atoms with Gasteiger partial charge < -0.3 is 5.21 Å². The lowest BCUT2D eigenvalue weighted by Crippen LogP contribution is -2.26. The van der Waals surface area contributed by atoms with Gasteiger partial charge >= 0.3 is 0 Å². The molecule has 1 aliphatic carbocycles. The highest BCUT2D eigenvalue weighted by atomic mass is 16.5. The van der Waals surface area contributed by atoms with Gasteiger partial charge in [0.25, 0.3) is 0 Å². The molecule has 0 heterocycles. The largest absolute Gasteiger partial charge is 0.624 e. The van der Waals surface area contributed by atoms with Crippen LogP contribution in [0.2, 0.25) is 0 Å². The fourth-order valence-corrected chi connectivity index (χ4v) is 2.48. The van der Waals surface area contributed by atoms with E-state index in [0.29, 0.717) is 6.54 Å². The van der Waals surface area contributed by atoms with E-state index in [-0.39, 0.29) is 5.41 Å². The molecule has 0 bridgehead atoms. The number of hydroxylamine groups is 1. The van der Waals surface area contributed by atoms with Crippen LogP contribution in [0.15, 0.2) is 0 Å². The van der Waals surface area contributed by atoms with Crippen LogP contribution in [-0.2, 0) is 0 Å². The van der Waals surface area contributed by atoms with Gasteiger partial charge in [-0.05, 0) is 18.8 Å². The van der Waals surface area contributed by atoms with Crippen molar-refractivity contribution in [3.05, 3.63) is 5.21 Å².